The molecular formula is C10H10N2O2. The van der Waals surface area contributed by atoms with Crippen LogP contribution in [-0.2, 0) is 0 Å². The summed E-state index contributed by atoms with van der Waals surface area (Å²) in [5.41, 5.74) is 2.26. The number of nitrogens with one attached hydrogen (secondary N) is 2. The minimum absolute atomic E-state index is 0.279. The maximum Gasteiger partial charge on any atom is 0.189 e. The van der Waals surface area contributed by atoms with Crippen molar-refractivity contribution in [3.8, 4) is 11.4 Å². The standard InChI is InChI=1S/C10H10N2O2/c13-6-10(14)7-4-9(12-5-7)8-2-1-3-11-8/h1-5,11-13H,6H2. The predicted molar refractivity (Wildman–Crippen MR) is 52.0 cm³/mol. The largest absolute Gasteiger partial charge is 0.388 e. The summed E-state index contributed by atoms with van der Waals surface area (Å²) in [7, 11) is 0. The molecule has 0 aliphatic rings. The first-order chi connectivity index (χ1) is 6.81. The maximum absolute atomic E-state index is 11.1. The molecule has 0 spiro atoms. The average Bonchev–Trinajstić information content (AvgIpc) is 2.86. The molecule has 72 valence electrons. The van der Waals surface area contributed by atoms with Gasteiger partial charge in [0, 0.05) is 18.0 Å². The zero-order chi connectivity index (χ0) is 9.97. The lowest BCUT2D eigenvalue weighted by Gasteiger charge is -1.90. The molecular weight excluding hydrogens is 180 g/mol. The summed E-state index contributed by atoms with van der Waals surface area (Å²) in [4.78, 5) is 17.1. The second kappa shape index (κ2) is 3.51. The number of carbonyl (C=O) groups is 1. The molecule has 0 aromatic carbocycles. The number of H-pyrrole nitrogens is 2. The number of aliphatic hydroxyl groups is 1. The van der Waals surface area contributed by atoms with Crippen LogP contribution in [0.1, 0.15) is 10.4 Å². The molecule has 0 saturated carbocycles. The van der Waals surface area contributed by atoms with Gasteiger partial charge in [-0.2, -0.15) is 0 Å². The average molecular weight is 190 g/mol. The molecule has 2 aromatic rings. The predicted octanol–water partition coefficient (Wildman–Crippen LogP) is 1.18. The topological polar surface area (TPSA) is 68.9 Å². The van der Waals surface area contributed by atoms with Gasteiger partial charge in [0.05, 0.1) is 11.4 Å². The fourth-order valence-electron chi connectivity index (χ4n) is 1.30. The van der Waals surface area contributed by atoms with E-state index in [1.807, 2.05) is 18.3 Å². The summed E-state index contributed by atoms with van der Waals surface area (Å²) in [5, 5.41) is 8.66. The van der Waals surface area contributed by atoms with Crippen molar-refractivity contribution in [3.05, 3.63) is 36.2 Å². The van der Waals surface area contributed by atoms with Crippen LogP contribution in [0.25, 0.3) is 11.4 Å². The molecule has 0 aliphatic carbocycles. The van der Waals surface area contributed by atoms with Crippen LogP contribution < -0.4 is 0 Å². The van der Waals surface area contributed by atoms with Gasteiger partial charge in [0.1, 0.15) is 6.61 Å². The smallest absolute Gasteiger partial charge is 0.189 e. The number of rotatable bonds is 3. The Bertz CT molecular complexity index is 429. The Morgan fingerprint density at radius 2 is 2.21 bits per heavy atom. The Hall–Kier alpha value is -1.81. The molecule has 2 aromatic heterocycles. The van der Waals surface area contributed by atoms with E-state index in [1.54, 1.807) is 12.3 Å². The molecule has 0 unspecified atom stereocenters. The minimum Gasteiger partial charge on any atom is -0.388 e. The number of aliphatic hydroxyl groups excluding tert-OH is 1. The quantitative estimate of drug-likeness (QED) is 0.636. The molecule has 0 amide bonds. The molecule has 2 heterocycles. The van der Waals surface area contributed by atoms with E-state index in [9.17, 15) is 4.79 Å². The molecule has 0 bridgehead atoms. The van der Waals surface area contributed by atoms with Gasteiger partial charge in [0.25, 0.3) is 0 Å². The van der Waals surface area contributed by atoms with Crippen LogP contribution in [0.3, 0.4) is 0 Å². The van der Waals surface area contributed by atoms with E-state index in [0.29, 0.717) is 5.56 Å². The van der Waals surface area contributed by atoms with Crippen molar-refractivity contribution in [3.63, 3.8) is 0 Å². The second-order valence-electron chi connectivity index (χ2n) is 2.97. The van der Waals surface area contributed by atoms with Gasteiger partial charge < -0.3 is 15.1 Å². The van der Waals surface area contributed by atoms with Gasteiger partial charge in [-0.05, 0) is 18.2 Å². The number of hydrogen-bond donors (Lipinski definition) is 3. The summed E-state index contributed by atoms with van der Waals surface area (Å²) in [6.07, 6.45) is 3.40. The van der Waals surface area contributed by atoms with Crippen LogP contribution in [0.4, 0.5) is 0 Å². The Morgan fingerprint density at radius 1 is 1.36 bits per heavy atom. The number of carbonyl (C=O) groups excluding carboxylic acids is 1. The van der Waals surface area contributed by atoms with Crippen molar-refractivity contribution in [2.24, 2.45) is 0 Å². The molecule has 3 N–H and O–H groups in total. The molecule has 0 saturated heterocycles. The van der Waals surface area contributed by atoms with Crippen molar-refractivity contribution in [2.45, 2.75) is 0 Å². The molecule has 4 nitrogen and oxygen atoms in total. The molecule has 14 heavy (non-hydrogen) atoms. The zero-order valence-electron chi connectivity index (χ0n) is 7.45. The molecule has 0 atom stereocenters. The maximum atomic E-state index is 11.1. The van der Waals surface area contributed by atoms with Crippen molar-refractivity contribution in [2.75, 3.05) is 6.61 Å². The summed E-state index contributed by atoms with van der Waals surface area (Å²) >= 11 is 0. The lowest BCUT2D eigenvalue weighted by molar-refractivity contribution is 0.0904. The van der Waals surface area contributed by atoms with E-state index < -0.39 is 6.61 Å². The number of aromatic nitrogens is 2. The monoisotopic (exact) mass is 190 g/mol. The fraction of sp³-hybridized carbons (Fsp3) is 0.100. The Kier molecular flexibility index (Phi) is 2.20. The Morgan fingerprint density at radius 3 is 2.86 bits per heavy atom. The van der Waals surface area contributed by atoms with Crippen molar-refractivity contribution >= 4 is 5.78 Å². The number of ketones is 1. The van der Waals surface area contributed by atoms with E-state index in [-0.39, 0.29) is 5.78 Å². The van der Waals surface area contributed by atoms with Gasteiger partial charge in [-0.25, -0.2) is 0 Å². The van der Waals surface area contributed by atoms with Crippen LogP contribution in [0.15, 0.2) is 30.6 Å². The molecule has 0 aliphatic heterocycles. The van der Waals surface area contributed by atoms with Gasteiger partial charge in [-0.1, -0.05) is 0 Å². The van der Waals surface area contributed by atoms with Gasteiger partial charge in [-0.15, -0.1) is 0 Å². The van der Waals surface area contributed by atoms with Gasteiger partial charge in [0.2, 0.25) is 0 Å². The molecule has 2 rings (SSSR count). The van der Waals surface area contributed by atoms with Crippen LogP contribution in [-0.4, -0.2) is 27.5 Å². The van der Waals surface area contributed by atoms with Crippen LogP contribution in [0.2, 0.25) is 0 Å². The normalized spacial score (nSPS) is 10.4. The second-order valence-corrected chi connectivity index (χ2v) is 2.97. The summed E-state index contributed by atoms with van der Waals surface area (Å²) in [6.45, 7) is -0.456. The van der Waals surface area contributed by atoms with E-state index in [4.69, 9.17) is 5.11 Å². The van der Waals surface area contributed by atoms with E-state index in [1.165, 1.54) is 0 Å². The third-order valence-electron chi connectivity index (χ3n) is 2.04. The molecule has 4 heteroatoms. The summed E-state index contributed by atoms with van der Waals surface area (Å²) in [6, 6.07) is 5.49. The number of aromatic amines is 2. The van der Waals surface area contributed by atoms with Crippen molar-refractivity contribution < 1.29 is 9.90 Å². The molecule has 0 fully saturated rings. The van der Waals surface area contributed by atoms with Gasteiger partial charge >= 0.3 is 0 Å². The minimum atomic E-state index is -0.456. The highest BCUT2D eigenvalue weighted by Crippen LogP contribution is 2.16. The summed E-state index contributed by atoms with van der Waals surface area (Å²) in [5.74, 6) is -0.279. The van der Waals surface area contributed by atoms with Crippen LogP contribution in [0, 0.1) is 0 Å². The lowest BCUT2D eigenvalue weighted by Crippen LogP contribution is -2.01. The van der Waals surface area contributed by atoms with E-state index in [2.05, 4.69) is 9.97 Å². The van der Waals surface area contributed by atoms with Gasteiger partial charge in [-0.3, -0.25) is 4.79 Å². The molecule has 0 radical (unpaired) electrons. The van der Waals surface area contributed by atoms with E-state index in [0.717, 1.165) is 11.4 Å². The Labute approximate surface area is 80.6 Å². The first kappa shape index (κ1) is 8.77. The highest BCUT2D eigenvalue weighted by atomic mass is 16.3. The fourth-order valence-corrected chi connectivity index (χ4v) is 1.30. The zero-order valence-corrected chi connectivity index (χ0v) is 7.45. The summed E-state index contributed by atoms with van der Waals surface area (Å²) < 4.78 is 0. The van der Waals surface area contributed by atoms with Crippen molar-refractivity contribution in [1.82, 2.24) is 9.97 Å². The third-order valence-corrected chi connectivity index (χ3v) is 2.04. The number of hydrogen-bond acceptors (Lipinski definition) is 2. The highest BCUT2D eigenvalue weighted by molar-refractivity contribution is 5.97. The van der Waals surface area contributed by atoms with Gasteiger partial charge in [0.15, 0.2) is 5.78 Å². The first-order valence-electron chi connectivity index (χ1n) is 4.27. The SMILES string of the molecule is O=C(CO)c1c[nH]c(-c2ccc[nH]2)c1. The first-order valence-corrected chi connectivity index (χ1v) is 4.27. The van der Waals surface area contributed by atoms with Crippen molar-refractivity contribution in [1.29, 1.82) is 0 Å². The van der Waals surface area contributed by atoms with E-state index >= 15 is 0 Å². The lowest BCUT2D eigenvalue weighted by atomic mass is 10.2. The van der Waals surface area contributed by atoms with Crippen LogP contribution >= 0.6 is 0 Å². The van der Waals surface area contributed by atoms with Crippen LogP contribution in [0.5, 0.6) is 0 Å². The highest BCUT2D eigenvalue weighted by Gasteiger charge is 2.07. The Balaban J connectivity index is 2.31. The third kappa shape index (κ3) is 1.47. The number of Topliss-reactive ketones (excluding diaryl/α,β-unsaturated/α-hetero) is 1.